The predicted molar refractivity (Wildman–Crippen MR) is 114 cm³/mol. The molecule has 31 heavy (non-hydrogen) atoms. The number of benzene rings is 2. The summed E-state index contributed by atoms with van der Waals surface area (Å²) in [5, 5.41) is 0. The van der Waals surface area contributed by atoms with E-state index in [0.29, 0.717) is 41.7 Å². The fraction of sp³-hybridized carbons (Fsp3) is 0.333. The minimum absolute atomic E-state index is 0.0156. The summed E-state index contributed by atoms with van der Waals surface area (Å²) in [4.78, 5) is 19.6. The molecule has 162 valence electrons. The molecule has 1 saturated heterocycles. The first kappa shape index (κ1) is 20.9. The van der Waals surface area contributed by atoms with Crippen molar-refractivity contribution in [2.75, 3.05) is 20.8 Å². The molecule has 0 spiro atoms. The molecule has 0 aliphatic carbocycles. The Morgan fingerprint density at radius 2 is 1.84 bits per heavy atom. The Morgan fingerprint density at radius 1 is 1.13 bits per heavy atom. The van der Waals surface area contributed by atoms with E-state index in [1.807, 2.05) is 4.90 Å². The zero-order valence-electron chi connectivity index (χ0n) is 17.6. The van der Waals surface area contributed by atoms with E-state index in [1.165, 1.54) is 12.1 Å². The van der Waals surface area contributed by atoms with Crippen molar-refractivity contribution >= 4 is 5.91 Å². The first-order chi connectivity index (χ1) is 15.1. The number of methoxy groups -OCH3 is 2. The number of carbonyl (C=O) groups excluding carboxylic acids is 1. The largest absolute Gasteiger partial charge is 0.497 e. The predicted octanol–water partition coefficient (Wildman–Crippen LogP) is 4.74. The van der Waals surface area contributed by atoms with Gasteiger partial charge in [-0.3, -0.25) is 4.79 Å². The maximum atomic E-state index is 13.3. The summed E-state index contributed by atoms with van der Waals surface area (Å²) < 4.78 is 29.7. The molecule has 2 aromatic carbocycles. The van der Waals surface area contributed by atoms with Gasteiger partial charge in [0.2, 0.25) is 0 Å². The smallest absolute Gasteiger partial charge is 0.254 e. The van der Waals surface area contributed by atoms with Crippen LogP contribution in [0.1, 0.15) is 35.5 Å². The number of oxazole rings is 1. The SMILES string of the molecule is COc1cc(OC)cc(C(=O)N2CCCCC2Cc2ncc(-c3ccc(F)cc3)o2)c1. The lowest BCUT2D eigenvalue weighted by Gasteiger charge is -2.35. The average Bonchev–Trinajstić information content (AvgIpc) is 3.27. The van der Waals surface area contributed by atoms with E-state index in [9.17, 15) is 9.18 Å². The van der Waals surface area contributed by atoms with Gasteiger partial charge in [0.05, 0.1) is 20.4 Å². The van der Waals surface area contributed by atoms with Gasteiger partial charge in [-0.1, -0.05) is 0 Å². The van der Waals surface area contributed by atoms with Gasteiger partial charge in [0, 0.05) is 36.2 Å². The lowest BCUT2D eigenvalue weighted by Crippen LogP contribution is -2.44. The molecule has 1 aliphatic heterocycles. The Bertz CT molecular complexity index is 1030. The number of carbonyl (C=O) groups is 1. The van der Waals surface area contributed by atoms with Crippen molar-refractivity contribution in [2.24, 2.45) is 0 Å². The number of nitrogens with zero attached hydrogens (tertiary/aromatic N) is 2. The van der Waals surface area contributed by atoms with Crippen molar-refractivity contribution in [3.63, 3.8) is 0 Å². The second-order valence-electron chi connectivity index (χ2n) is 7.58. The summed E-state index contributed by atoms with van der Waals surface area (Å²) in [5.74, 6) is 1.94. The molecule has 1 aromatic heterocycles. The lowest BCUT2D eigenvalue weighted by atomic mass is 9.98. The quantitative estimate of drug-likeness (QED) is 0.572. The van der Waals surface area contributed by atoms with Crippen LogP contribution < -0.4 is 9.47 Å². The fourth-order valence-electron chi connectivity index (χ4n) is 3.93. The van der Waals surface area contributed by atoms with Gasteiger partial charge < -0.3 is 18.8 Å². The van der Waals surface area contributed by atoms with E-state index >= 15 is 0 Å². The van der Waals surface area contributed by atoms with Gasteiger partial charge in [0.1, 0.15) is 17.3 Å². The van der Waals surface area contributed by atoms with E-state index < -0.39 is 0 Å². The maximum absolute atomic E-state index is 13.3. The minimum Gasteiger partial charge on any atom is -0.497 e. The number of ether oxygens (including phenoxy) is 2. The van der Waals surface area contributed by atoms with Gasteiger partial charge in [-0.15, -0.1) is 0 Å². The van der Waals surface area contributed by atoms with E-state index in [-0.39, 0.29) is 17.8 Å². The fourth-order valence-corrected chi connectivity index (χ4v) is 3.93. The van der Waals surface area contributed by atoms with Crippen molar-refractivity contribution in [2.45, 2.75) is 31.7 Å². The Morgan fingerprint density at radius 3 is 2.52 bits per heavy atom. The Labute approximate surface area is 180 Å². The molecule has 4 rings (SSSR count). The molecule has 1 fully saturated rings. The molecular weight excluding hydrogens is 399 g/mol. The molecule has 1 amide bonds. The zero-order chi connectivity index (χ0) is 21.8. The van der Waals surface area contributed by atoms with Gasteiger partial charge in [-0.25, -0.2) is 9.37 Å². The van der Waals surface area contributed by atoms with Crippen LogP contribution in [0.4, 0.5) is 4.39 Å². The highest BCUT2D eigenvalue weighted by molar-refractivity contribution is 5.95. The number of hydrogen-bond donors (Lipinski definition) is 0. The molecule has 0 radical (unpaired) electrons. The first-order valence-corrected chi connectivity index (χ1v) is 10.3. The second kappa shape index (κ2) is 9.20. The highest BCUT2D eigenvalue weighted by Crippen LogP contribution is 2.28. The van der Waals surface area contributed by atoms with E-state index in [0.717, 1.165) is 24.8 Å². The van der Waals surface area contributed by atoms with Gasteiger partial charge in [0.15, 0.2) is 11.7 Å². The summed E-state index contributed by atoms with van der Waals surface area (Å²) in [7, 11) is 3.13. The highest BCUT2D eigenvalue weighted by atomic mass is 19.1. The normalized spacial score (nSPS) is 16.2. The van der Waals surface area contributed by atoms with Crippen LogP contribution in [0, 0.1) is 5.82 Å². The summed E-state index contributed by atoms with van der Waals surface area (Å²) in [6.07, 6.45) is 5.04. The molecule has 1 unspecified atom stereocenters. The highest BCUT2D eigenvalue weighted by Gasteiger charge is 2.29. The van der Waals surface area contributed by atoms with Crippen molar-refractivity contribution in [3.05, 3.63) is 65.9 Å². The summed E-state index contributed by atoms with van der Waals surface area (Å²) in [6.45, 7) is 0.675. The molecule has 2 heterocycles. The average molecular weight is 424 g/mol. The Balaban J connectivity index is 1.53. The van der Waals surface area contributed by atoms with Gasteiger partial charge in [-0.2, -0.15) is 0 Å². The third-order valence-corrected chi connectivity index (χ3v) is 5.58. The van der Waals surface area contributed by atoms with Gasteiger partial charge in [-0.05, 0) is 55.7 Å². The number of amides is 1. The van der Waals surface area contributed by atoms with E-state index in [2.05, 4.69) is 4.98 Å². The first-order valence-electron chi connectivity index (χ1n) is 10.3. The van der Waals surface area contributed by atoms with E-state index in [1.54, 1.807) is 50.7 Å². The minimum atomic E-state index is -0.297. The third kappa shape index (κ3) is 4.71. The number of aromatic nitrogens is 1. The zero-order valence-corrected chi connectivity index (χ0v) is 17.6. The van der Waals surface area contributed by atoms with Crippen LogP contribution in [0.15, 0.2) is 53.1 Å². The van der Waals surface area contributed by atoms with Crippen molar-refractivity contribution in [1.82, 2.24) is 9.88 Å². The summed E-state index contributed by atoms with van der Waals surface area (Å²) >= 11 is 0. The Hall–Kier alpha value is -3.35. The molecular formula is C24H25FN2O4. The monoisotopic (exact) mass is 424 g/mol. The molecule has 1 aliphatic rings. The number of halogens is 1. The third-order valence-electron chi connectivity index (χ3n) is 5.58. The second-order valence-corrected chi connectivity index (χ2v) is 7.58. The van der Waals surface area contributed by atoms with Crippen LogP contribution in [0.3, 0.4) is 0 Å². The molecule has 1 atom stereocenters. The van der Waals surface area contributed by atoms with Crippen LogP contribution in [0.5, 0.6) is 11.5 Å². The molecule has 3 aromatic rings. The maximum Gasteiger partial charge on any atom is 0.254 e. The van der Waals surface area contributed by atoms with Crippen molar-refractivity contribution in [3.8, 4) is 22.8 Å². The van der Waals surface area contributed by atoms with Gasteiger partial charge in [0.25, 0.3) is 5.91 Å². The number of rotatable bonds is 6. The van der Waals surface area contributed by atoms with Crippen LogP contribution in [0.2, 0.25) is 0 Å². The van der Waals surface area contributed by atoms with Gasteiger partial charge >= 0.3 is 0 Å². The van der Waals surface area contributed by atoms with Crippen LogP contribution in [-0.4, -0.2) is 42.6 Å². The van der Waals surface area contributed by atoms with Crippen molar-refractivity contribution in [1.29, 1.82) is 0 Å². The molecule has 0 N–H and O–H groups in total. The summed E-state index contributed by atoms with van der Waals surface area (Å²) in [5.41, 5.74) is 1.29. The molecule has 0 bridgehead atoms. The number of likely N-dealkylation sites (tertiary alicyclic amines) is 1. The van der Waals surface area contributed by atoms with Crippen LogP contribution >= 0.6 is 0 Å². The standard InChI is InChI=1S/C24H25FN2O4/c1-29-20-11-17(12-21(14-20)30-2)24(28)27-10-4-3-5-19(27)13-23-26-15-22(31-23)16-6-8-18(25)9-7-16/h6-9,11-12,14-15,19H,3-5,10,13H2,1-2H3. The molecule has 7 heteroatoms. The van der Waals surface area contributed by atoms with Crippen LogP contribution in [-0.2, 0) is 6.42 Å². The number of piperidine rings is 1. The Kier molecular flexibility index (Phi) is 6.21. The molecule has 6 nitrogen and oxygen atoms in total. The summed E-state index contributed by atoms with van der Waals surface area (Å²) in [6, 6.07) is 11.3. The number of hydrogen-bond acceptors (Lipinski definition) is 5. The van der Waals surface area contributed by atoms with Crippen molar-refractivity contribution < 1.29 is 23.1 Å². The van der Waals surface area contributed by atoms with E-state index in [4.69, 9.17) is 13.9 Å². The lowest BCUT2D eigenvalue weighted by molar-refractivity contribution is 0.0605. The van der Waals surface area contributed by atoms with Crippen LogP contribution in [0.25, 0.3) is 11.3 Å². The topological polar surface area (TPSA) is 64.8 Å². The molecule has 0 saturated carbocycles.